The van der Waals surface area contributed by atoms with Gasteiger partial charge in [-0.05, 0) is 70.4 Å². The lowest BCUT2D eigenvalue weighted by atomic mass is 9.81. The number of hydrogen-bond donors (Lipinski definition) is 1. The van der Waals surface area contributed by atoms with Crippen molar-refractivity contribution in [2.75, 3.05) is 18.0 Å². The molecule has 0 aliphatic carbocycles. The van der Waals surface area contributed by atoms with Crippen molar-refractivity contribution in [2.45, 2.75) is 96.3 Å². The third-order valence-electron chi connectivity index (χ3n) is 8.99. The molecule has 0 amide bonds. The van der Waals surface area contributed by atoms with E-state index in [1.807, 2.05) is 13.0 Å². The van der Waals surface area contributed by atoms with E-state index in [-0.39, 0.29) is 10.3 Å². The van der Waals surface area contributed by atoms with Gasteiger partial charge in [-0.1, -0.05) is 56.7 Å². The van der Waals surface area contributed by atoms with Crippen molar-refractivity contribution in [2.24, 2.45) is 0 Å². The molecule has 0 radical (unpaired) electrons. The van der Waals surface area contributed by atoms with Gasteiger partial charge in [-0.3, -0.25) is 9.35 Å². The molecule has 1 N–H and O–H groups in total. The van der Waals surface area contributed by atoms with E-state index in [0.29, 0.717) is 18.6 Å². The van der Waals surface area contributed by atoms with Crippen molar-refractivity contribution in [3.8, 4) is 0 Å². The molecule has 43 heavy (non-hydrogen) atoms. The van der Waals surface area contributed by atoms with Gasteiger partial charge in [-0.25, -0.2) is 0 Å². The molecule has 6 nitrogen and oxygen atoms in total. The SMILES string of the molecule is CCC(=O)CCCCC[N+]1=C(/C=C/C=C/C=C2/N(CC)c3ccc(C)cc3C2(C)C)C(C)(C)c2cc(S(=O)(=O)O)ccc21. The van der Waals surface area contributed by atoms with Crippen LogP contribution in [0.15, 0.2) is 77.4 Å². The van der Waals surface area contributed by atoms with Crippen molar-refractivity contribution in [1.29, 1.82) is 0 Å². The lowest BCUT2D eigenvalue weighted by Gasteiger charge is -2.25. The van der Waals surface area contributed by atoms with Crippen molar-refractivity contribution < 1.29 is 22.3 Å². The van der Waals surface area contributed by atoms with Gasteiger partial charge < -0.3 is 4.90 Å². The summed E-state index contributed by atoms with van der Waals surface area (Å²) in [6.45, 7) is 16.6. The molecule has 2 aliphatic heterocycles. The van der Waals surface area contributed by atoms with Crippen LogP contribution in [-0.2, 0) is 25.7 Å². The molecule has 2 heterocycles. The average molecular weight is 604 g/mol. The van der Waals surface area contributed by atoms with E-state index in [2.05, 4.69) is 93.5 Å². The number of aryl methyl sites for hydroxylation is 1. The summed E-state index contributed by atoms with van der Waals surface area (Å²) in [5, 5.41) is 0. The van der Waals surface area contributed by atoms with E-state index >= 15 is 0 Å². The fraction of sp³-hybridized carbons (Fsp3) is 0.444. The third kappa shape index (κ3) is 6.63. The summed E-state index contributed by atoms with van der Waals surface area (Å²) in [4.78, 5) is 14.0. The molecule has 7 heteroatoms. The largest absolute Gasteiger partial charge is 0.344 e. The lowest BCUT2D eigenvalue weighted by molar-refractivity contribution is -0.438. The molecule has 230 valence electrons. The highest BCUT2D eigenvalue weighted by atomic mass is 32.2. The number of ketones is 1. The molecule has 0 bridgehead atoms. The highest BCUT2D eigenvalue weighted by Gasteiger charge is 2.45. The minimum Gasteiger partial charge on any atom is -0.344 e. The Labute approximate surface area is 258 Å². The Balaban J connectivity index is 1.62. The lowest BCUT2D eigenvalue weighted by Crippen LogP contribution is -2.28. The van der Waals surface area contributed by atoms with Crippen molar-refractivity contribution in [1.82, 2.24) is 0 Å². The van der Waals surface area contributed by atoms with Crippen LogP contribution in [-0.4, -0.2) is 42.1 Å². The van der Waals surface area contributed by atoms with Crippen LogP contribution < -0.4 is 4.90 Å². The van der Waals surface area contributed by atoms with Crippen molar-refractivity contribution in [3.63, 3.8) is 0 Å². The number of nitrogens with zero attached hydrogens (tertiary/aromatic N) is 2. The van der Waals surface area contributed by atoms with Gasteiger partial charge in [0.25, 0.3) is 10.1 Å². The minimum absolute atomic E-state index is 0.0926. The highest BCUT2D eigenvalue weighted by Crippen LogP contribution is 2.48. The maximum atomic E-state index is 11.9. The maximum Gasteiger partial charge on any atom is 0.294 e. The molecule has 0 spiro atoms. The van der Waals surface area contributed by atoms with Crippen molar-refractivity contribution in [3.05, 3.63) is 89.2 Å². The highest BCUT2D eigenvalue weighted by molar-refractivity contribution is 7.85. The molecule has 0 unspecified atom stereocenters. The molecular weight excluding hydrogens is 556 g/mol. The summed E-state index contributed by atoms with van der Waals surface area (Å²) in [5.74, 6) is 0.296. The average Bonchev–Trinajstić information content (AvgIpc) is 3.29. The van der Waals surface area contributed by atoms with Gasteiger partial charge in [0.1, 0.15) is 12.3 Å². The number of rotatable bonds is 12. The van der Waals surface area contributed by atoms with Crippen LogP contribution in [0.4, 0.5) is 11.4 Å². The Bertz CT molecular complexity index is 1620. The summed E-state index contributed by atoms with van der Waals surface area (Å²) in [7, 11) is -4.31. The van der Waals surface area contributed by atoms with Gasteiger partial charge in [-0.15, -0.1) is 0 Å². The molecule has 0 atom stereocenters. The molecule has 0 saturated carbocycles. The van der Waals surface area contributed by atoms with Crippen LogP contribution in [0, 0.1) is 6.92 Å². The molecule has 2 aromatic rings. The molecule has 2 aliphatic rings. The van der Waals surface area contributed by atoms with Crippen LogP contribution in [0.5, 0.6) is 0 Å². The molecule has 4 rings (SSSR count). The van der Waals surface area contributed by atoms with E-state index in [9.17, 15) is 17.8 Å². The van der Waals surface area contributed by atoms with Gasteiger partial charge >= 0.3 is 0 Å². The maximum absolute atomic E-state index is 11.9. The van der Waals surface area contributed by atoms with E-state index in [1.165, 1.54) is 28.6 Å². The smallest absolute Gasteiger partial charge is 0.294 e. The number of Topliss-reactive ketones (excluding diaryl/α,β-unsaturated/α-hetero) is 1. The number of unbranched alkanes of at least 4 members (excludes halogenated alkanes) is 2. The van der Waals surface area contributed by atoms with Gasteiger partial charge in [0, 0.05) is 60.3 Å². The Kier molecular flexibility index (Phi) is 9.67. The summed E-state index contributed by atoms with van der Waals surface area (Å²) in [5.41, 5.74) is 7.47. The quantitative estimate of drug-likeness (QED) is 0.115. The normalized spacial score (nSPS) is 18.3. The van der Waals surface area contributed by atoms with Gasteiger partial charge in [0.15, 0.2) is 5.71 Å². The summed E-state index contributed by atoms with van der Waals surface area (Å²) in [6, 6.07) is 11.6. The fourth-order valence-corrected chi connectivity index (χ4v) is 7.00. The van der Waals surface area contributed by atoms with Crippen LogP contribution in [0.2, 0.25) is 0 Å². The molecular formula is C36H47N2O4S+. The Morgan fingerprint density at radius 3 is 2.35 bits per heavy atom. The topological polar surface area (TPSA) is 77.7 Å². The molecule has 2 aromatic carbocycles. The second-order valence-corrected chi connectivity index (χ2v) is 14.1. The van der Waals surface area contributed by atoms with E-state index in [1.54, 1.807) is 12.1 Å². The zero-order valence-corrected chi connectivity index (χ0v) is 27.6. The number of carbonyl (C=O) groups excluding carboxylic acids is 1. The first-order chi connectivity index (χ1) is 20.2. The first-order valence-electron chi connectivity index (χ1n) is 15.5. The molecule has 0 saturated heterocycles. The Morgan fingerprint density at radius 1 is 0.930 bits per heavy atom. The van der Waals surface area contributed by atoms with Crippen LogP contribution in [0.3, 0.4) is 0 Å². The third-order valence-corrected chi connectivity index (χ3v) is 9.84. The zero-order valence-electron chi connectivity index (χ0n) is 26.8. The number of allylic oxidation sites excluding steroid dienone is 6. The minimum atomic E-state index is -4.31. The first-order valence-corrected chi connectivity index (χ1v) is 16.9. The van der Waals surface area contributed by atoms with Gasteiger partial charge in [0.2, 0.25) is 5.69 Å². The van der Waals surface area contributed by atoms with Crippen LogP contribution in [0.25, 0.3) is 0 Å². The first kappa shape index (κ1) is 32.6. The Morgan fingerprint density at radius 2 is 1.67 bits per heavy atom. The summed E-state index contributed by atoms with van der Waals surface area (Å²) >= 11 is 0. The summed E-state index contributed by atoms with van der Waals surface area (Å²) in [6.07, 6.45) is 14.4. The predicted octanol–water partition coefficient (Wildman–Crippen LogP) is 7.97. The molecule has 0 fully saturated rings. The number of anilines is 1. The van der Waals surface area contributed by atoms with E-state index in [0.717, 1.165) is 49.3 Å². The van der Waals surface area contributed by atoms with Crippen LogP contribution >= 0.6 is 0 Å². The van der Waals surface area contributed by atoms with Crippen molar-refractivity contribution >= 4 is 33.0 Å². The number of likely N-dealkylation sites (N-methyl/N-ethyl adjacent to an activating group) is 1. The van der Waals surface area contributed by atoms with E-state index < -0.39 is 15.5 Å². The number of benzene rings is 2. The van der Waals surface area contributed by atoms with Crippen LogP contribution in [0.1, 0.15) is 90.3 Å². The predicted molar refractivity (Wildman–Crippen MR) is 176 cm³/mol. The zero-order chi connectivity index (χ0) is 31.6. The number of fused-ring (bicyclic) bond motifs is 2. The second-order valence-electron chi connectivity index (χ2n) is 12.7. The monoisotopic (exact) mass is 603 g/mol. The number of carbonyl (C=O) groups is 1. The standard InChI is InChI=1S/C36H46N2O4S/c1-8-27(39)16-12-11-15-23-38-32-22-20-28(43(40,41)42)25-30(32)36(6,7)34(38)18-14-10-13-17-33-35(4,5)29-24-26(3)19-21-31(29)37(33)9-2/h10,13-14,17-22,24-25H,8-9,11-12,15-16,23H2,1-7H3/p+1. The molecule has 0 aromatic heterocycles. The number of hydrogen-bond acceptors (Lipinski definition) is 4. The Hall–Kier alpha value is -3.29. The fourth-order valence-electron chi connectivity index (χ4n) is 6.49. The van der Waals surface area contributed by atoms with Gasteiger partial charge in [0.05, 0.1) is 10.3 Å². The summed E-state index contributed by atoms with van der Waals surface area (Å²) < 4.78 is 35.8. The van der Waals surface area contributed by atoms with E-state index in [4.69, 9.17) is 0 Å². The second kappa shape index (κ2) is 12.7. The van der Waals surface area contributed by atoms with Gasteiger partial charge in [-0.2, -0.15) is 13.0 Å².